The Bertz CT molecular complexity index is 817. The van der Waals surface area contributed by atoms with Crippen LogP contribution in [-0.4, -0.2) is 0 Å². The van der Waals surface area contributed by atoms with E-state index >= 15 is 0 Å². The lowest BCUT2D eigenvalue weighted by atomic mass is 9.90. The summed E-state index contributed by atoms with van der Waals surface area (Å²) in [6.07, 6.45) is 10.5. The van der Waals surface area contributed by atoms with Crippen molar-refractivity contribution >= 4 is 0 Å². The highest BCUT2D eigenvalue weighted by atomic mass is 19.1. The summed E-state index contributed by atoms with van der Waals surface area (Å²) in [5.74, 6) is 0.273. The van der Waals surface area contributed by atoms with Crippen LogP contribution in [0.3, 0.4) is 0 Å². The van der Waals surface area contributed by atoms with E-state index in [0.717, 1.165) is 24.1 Å². The van der Waals surface area contributed by atoms with Crippen LogP contribution in [0.1, 0.15) is 62.3 Å². The molecule has 0 heterocycles. The fraction of sp³-hybridized carbons (Fsp3) is 0.333. The molecule has 156 valence electrons. The van der Waals surface area contributed by atoms with E-state index in [1.807, 2.05) is 33.8 Å². The molecule has 0 bridgehead atoms. The molecule has 2 aromatic carbocycles. The lowest BCUT2D eigenvalue weighted by Gasteiger charge is -2.17. The quantitative estimate of drug-likeness (QED) is 0.532. The summed E-state index contributed by atoms with van der Waals surface area (Å²) in [5, 5.41) is 3.30. The van der Waals surface area contributed by atoms with Crippen molar-refractivity contribution in [3.8, 4) is 0 Å². The number of hydrogen-bond acceptors (Lipinski definition) is 1. The first-order valence-electron chi connectivity index (χ1n) is 10.7. The molecule has 0 aliphatic heterocycles. The SMILES string of the molecule is C=C(Cc1ccc(C2C=CC=CC2)cc1C)NCc1cccc(F)c1.CC.CC. The Morgan fingerprint density at radius 3 is 2.45 bits per heavy atom. The third kappa shape index (κ3) is 8.11. The molecule has 0 aromatic heterocycles. The first-order chi connectivity index (χ1) is 14.1. The van der Waals surface area contributed by atoms with Crippen LogP contribution in [0.25, 0.3) is 0 Å². The predicted octanol–water partition coefficient (Wildman–Crippen LogP) is 7.63. The second-order valence-electron chi connectivity index (χ2n) is 6.60. The number of halogens is 1. The minimum atomic E-state index is -0.206. The number of benzene rings is 2. The van der Waals surface area contributed by atoms with Crippen LogP contribution in [0, 0.1) is 12.7 Å². The third-order valence-electron chi connectivity index (χ3n) is 4.61. The Hall–Kier alpha value is -2.61. The first kappa shape index (κ1) is 24.4. The Balaban J connectivity index is 0.000000989. The van der Waals surface area contributed by atoms with Gasteiger partial charge in [0.25, 0.3) is 0 Å². The lowest BCUT2D eigenvalue weighted by Crippen LogP contribution is -2.14. The molecule has 1 N–H and O–H groups in total. The van der Waals surface area contributed by atoms with Gasteiger partial charge in [0.1, 0.15) is 5.82 Å². The molecule has 0 fully saturated rings. The minimum absolute atomic E-state index is 0.206. The number of aryl methyl sites for hydroxylation is 1. The van der Waals surface area contributed by atoms with E-state index in [9.17, 15) is 4.39 Å². The van der Waals surface area contributed by atoms with Gasteiger partial charge >= 0.3 is 0 Å². The van der Waals surface area contributed by atoms with Crippen molar-refractivity contribution in [2.45, 2.75) is 59.9 Å². The summed E-state index contributed by atoms with van der Waals surface area (Å²) in [7, 11) is 0. The van der Waals surface area contributed by atoms with Crippen molar-refractivity contribution in [3.63, 3.8) is 0 Å². The van der Waals surface area contributed by atoms with Crippen molar-refractivity contribution in [1.29, 1.82) is 0 Å². The highest BCUT2D eigenvalue weighted by molar-refractivity contribution is 5.37. The average molecular weight is 394 g/mol. The van der Waals surface area contributed by atoms with Crippen LogP contribution < -0.4 is 5.32 Å². The molecule has 3 rings (SSSR count). The number of nitrogens with one attached hydrogen (secondary N) is 1. The van der Waals surface area contributed by atoms with E-state index in [1.165, 1.54) is 22.8 Å². The Labute approximate surface area is 177 Å². The maximum atomic E-state index is 13.2. The summed E-state index contributed by atoms with van der Waals surface area (Å²) >= 11 is 0. The van der Waals surface area contributed by atoms with Crippen LogP contribution in [0.15, 0.2) is 79.0 Å². The van der Waals surface area contributed by atoms with Gasteiger partial charge in [0.2, 0.25) is 0 Å². The summed E-state index contributed by atoms with van der Waals surface area (Å²) in [5.41, 5.74) is 5.79. The predicted molar refractivity (Wildman–Crippen MR) is 126 cm³/mol. The van der Waals surface area contributed by atoms with E-state index in [-0.39, 0.29) is 5.82 Å². The normalized spacial score (nSPS) is 14.2. The van der Waals surface area contributed by atoms with Gasteiger partial charge in [-0.3, -0.25) is 0 Å². The van der Waals surface area contributed by atoms with Crippen LogP contribution in [0.5, 0.6) is 0 Å². The second-order valence-corrected chi connectivity index (χ2v) is 6.60. The number of allylic oxidation sites excluding steroid dienone is 5. The van der Waals surface area contributed by atoms with E-state index in [2.05, 4.69) is 61.3 Å². The van der Waals surface area contributed by atoms with Crippen molar-refractivity contribution in [2.24, 2.45) is 0 Å². The van der Waals surface area contributed by atoms with E-state index in [1.54, 1.807) is 12.1 Å². The van der Waals surface area contributed by atoms with E-state index in [4.69, 9.17) is 0 Å². The molecule has 1 aliphatic carbocycles. The topological polar surface area (TPSA) is 12.0 Å². The Morgan fingerprint density at radius 1 is 1.07 bits per heavy atom. The number of hydrogen-bond donors (Lipinski definition) is 1. The Morgan fingerprint density at radius 2 is 1.83 bits per heavy atom. The minimum Gasteiger partial charge on any atom is -0.384 e. The van der Waals surface area contributed by atoms with E-state index < -0.39 is 0 Å². The smallest absolute Gasteiger partial charge is 0.123 e. The van der Waals surface area contributed by atoms with Gasteiger partial charge in [0, 0.05) is 24.6 Å². The largest absolute Gasteiger partial charge is 0.384 e. The van der Waals surface area contributed by atoms with Crippen molar-refractivity contribution in [2.75, 3.05) is 0 Å². The molecule has 0 spiro atoms. The maximum Gasteiger partial charge on any atom is 0.123 e. The fourth-order valence-corrected chi connectivity index (χ4v) is 3.14. The lowest BCUT2D eigenvalue weighted by molar-refractivity contribution is 0.623. The zero-order valence-corrected chi connectivity index (χ0v) is 18.6. The summed E-state index contributed by atoms with van der Waals surface area (Å²) in [6, 6.07) is 13.3. The van der Waals surface area contributed by atoms with Gasteiger partial charge in [-0.2, -0.15) is 0 Å². The van der Waals surface area contributed by atoms with Gasteiger partial charge in [-0.1, -0.05) is 88.9 Å². The molecule has 2 heteroatoms. The zero-order chi connectivity index (χ0) is 21.6. The molecule has 2 aromatic rings. The highest BCUT2D eigenvalue weighted by Gasteiger charge is 2.10. The van der Waals surface area contributed by atoms with Gasteiger partial charge in [-0.15, -0.1) is 0 Å². The van der Waals surface area contributed by atoms with Crippen LogP contribution in [0.4, 0.5) is 4.39 Å². The van der Waals surface area contributed by atoms with Gasteiger partial charge in [0.15, 0.2) is 0 Å². The highest BCUT2D eigenvalue weighted by Crippen LogP contribution is 2.26. The van der Waals surface area contributed by atoms with Gasteiger partial charge < -0.3 is 5.32 Å². The molecular formula is C27H36FN. The molecular weight excluding hydrogens is 357 g/mol. The molecule has 1 aliphatic rings. The van der Waals surface area contributed by atoms with Crippen molar-refractivity contribution in [3.05, 3.63) is 107 Å². The molecule has 0 radical (unpaired) electrons. The summed E-state index contributed by atoms with van der Waals surface area (Å²) in [6.45, 7) is 14.9. The first-order valence-corrected chi connectivity index (χ1v) is 10.7. The fourth-order valence-electron chi connectivity index (χ4n) is 3.14. The molecule has 0 saturated carbocycles. The van der Waals surface area contributed by atoms with Gasteiger partial charge in [0.05, 0.1) is 0 Å². The van der Waals surface area contributed by atoms with Crippen LogP contribution in [-0.2, 0) is 13.0 Å². The molecule has 29 heavy (non-hydrogen) atoms. The van der Waals surface area contributed by atoms with Gasteiger partial charge in [-0.05, 0) is 47.7 Å². The average Bonchev–Trinajstić information content (AvgIpc) is 2.77. The van der Waals surface area contributed by atoms with E-state index in [0.29, 0.717) is 12.5 Å². The van der Waals surface area contributed by atoms with Crippen molar-refractivity contribution in [1.82, 2.24) is 5.32 Å². The zero-order valence-electron chi connectivity index (χ0n) is 18.6. The monoisotopic (exact) mass is 393 g/mol. The van der Waals surface area contributed by atoms with Gasteiger partial charge in [-0.25, -0.2) is 4.39 Å². The summed E-state index contributed by atoms with van der Waals surface area (Å²) in [4.78, 5) is 0. The molecule has 0 saturated heterocycles. The maximum absolute atomic E-state index is 13.2. The number of rotatable bonds is 6. The summed E-state index contributed by atoms with van der Waals surface area (Å²) < 4.78 is 13.2. The standard InChI is InChI=1S/C23H24FN.2C2H6/c1-17-13-22(20-8-4-3-5-9-20)12-11-21(17)14-18(2)25-16-19-7-6-10-23(24)15-19;2*1-2/h3-8,10-13,15,20,25H,2,9,14,16H2,1H3;2*1-2H3. The van der Waals surface area contributed by atoms with Crippen LogP contribution >= 0.6 is 0 Å². The third-order valence-corrected chi connectivity index (χ3v) is 4.61. The van der Waals surface area contributed by atoms with Crippen molar-refractivity contribution < 1.29 is 4.39 Å². The molecule has 0 amide bonds. The molecule has 1 atom stereocenters. The molecule has 1 nitrogen and oxygen atoms in total. The van der Waals surface area contributed by atoms with Crippen LogP contribution in [0.2, 0.25) is 0 Å². The molecule has 1 unspecified atom stereocenters. The second kappa shape index (κ2) is 13.5. The Kier molecular flexibility index (Phi) is 11.4.